The van der Waals surface area contributed by atoms with Crippen LogP contribution in [0.1, 0.15) is 19.3 Å². The number of likely N-dealkylation sites (tertiary alicyclic amines) is 1. The first-order chi connectivity index (χ1) is 5.81. The lowest BCUT2D eigenvalue weighted by Gasteiger charge is -2.43. The van der Waals surface area contributed by atoms with Crippen molar-refractivity contribution in [2.45, 2.75) is 25.3 Å². The first-order valence-corrected chi connectivity index (χ1v) is 4.62. The predicted molar refractivity (Wildman–Crippen MR) is 44.7 cm³/mol. The van der Waals surface area contributed by atoms with E-state index in [1.54, 1.807) is 0 Å². The number of ether oxygens (including phenoxy) is 1. The molecule has 0 aromatic carbocycles. The summed E-state index contributed by atoms with van der Waals surface area (Å²) in [6, 6.07) is 0.698. The molecule has 3 nitrogen and oxygen atoms in total. The van der Waals surface area contributed by atoms with E-state index in [2.05, 4.69) is 9.64 Å². The van der Waals surface area contributed by atoms with Gasteiger partial charge < -0.3 is 4.74 Å². The van der Waals surface area contributed by atoms with Gasteiger partial charge in [0.2, 0.25) is 0 Å². The molecule has 1 saturated carbocycles. The maximum atomic E-state index is 10.9. The molecule has 0 bridgehead atoms. The quantitative estimate of drug-likeness (QED) is 0.568. The van der Waals surface area contributed by atoms with Crippen LogP contribution in [-0.2, 0) is 9.53 Å². The van der Waals surface area contributed by atoms with E-state index in [9.17, 15) is 4.79 Å². The van der Waals surface area contributed by atoms with Crippen LogP contribution in [-0.4, -0.2) is 37.1 Å². The highest BCUT2D eigenvalue weighted by atomic mass is 16.5. The Morgan fingerprint density at radius 1 is 1.58 bits per heavy atom. The number of fused-ring (bicyclic) bond motifs is 1. The average Bonchev–Trinajstić information content (AvgIpc) is 2.42. The molecule has 12 heavy (non-hydrogen) atoms. The standard InChI is InChI=1S/C9H15NO2/c1-12-9(11)6-10-5-7-3-2-4-8(7)10/h7-8H,2-6H2,1H3. The summed E-state index contributed by atoms with van der Waals surface area (Å²) in [6.07, 6.45) is 3.98. The Morgan fingerprint density at radius 2 is 2.42 bits per heavy atom. The third kappa shape index (κ3) is 1.22. The van der Waals surface area contributed by atoms with Crippen LogP contribution in [0, 0.1) is 5.92 Å². The lowest BCUT2D eigenvalue weighted by molar-refractivity contribution is -0.145. The summed E-state index contributed by atoms with van der Waals surface area (Å²) in [7, 11) is 1.45. The van der Waals surface area contributed by atoms with Crippen molar-refractivity contribution in [1.82, 2.24) is 4.90 Å². The Kier molecular flexibility index (Phi) is 2.05. The first-order valence-electron chi connectivity index (χ1n) is 4.62. The Hall–Kier alpha value is -0.570. The van der Waals surface area contributed by atoms with Gasteiger partial charge >= 0.3 is 5.97 Å². The Bertz CT molecular complexity index is 193. The molecule has 2 unspecified atom stereocenters. The van der Waals surface area contributed by atoms with E-state index in [4.69, 9.17) is 0 Å². The highest BCUT2D eigenvalue weighted by molar-refractivity contribution is 5.71. The minimum Gasteiger partial charge on any atom is -0.468 e. The minimum atomic E-state index is -0.0969. The van der Waals surface area contributed by atoms with Crippen LogP contribution in [0.25, 0.3) is 0 Å². The van der Waals surface area contributed by atoms with Gasteiger partial charge in [-0.2, -0.15) is 0 Å². The summed E-state index contributed by atoms with van der Waals surface area (Å²) >= 11 is 0. The van der Waals surface area contributed by atoms with Crippen molar-refractivity contribution in [2.24, 2.45) is 5.92 Å². The fraction of sp³-hybridized carbons (Fsp3) is 0.889. The first kappa shape index (κ1) is 8.05. The minimum absolute atomic E-state index is 0.0969. The monoisotopic (exact) mass is 169 g/mol. The van der Waals surface area contributed by atoms with E-state index in [-0.39, 0.29) is 5.97 Å². The second kappa shape index (κ2) is 3.05. The number of methoxy groups -OCH3 is 1. The number of carbonyl (C=O) groups is 1. The van der Waals surface area contributed by atoms with Crippen LogP contribution in [0.4, 0.5) is 0 Å². The molecule has 2 atom stereocenters. The topological polar surface area (TPSA) is 29.5 Å². The van der Waals surface area contributed by atoms with E-state index in [0.717, 1.165) is 12.5 Å². The number of hydrogen-bond acceptors (Lipinski definition) is 3. The highest BCUT2D eigenvalue weighted by Crippen LogP contribution is 2.38. The van der Waals surface area contributed by atoms with Gasteiger partial charge in [0.1, 0.15) is 0 Å². The van der Waals surface area contributed by atoms with Crippen molar-refractivity contribution in [2.75, 3.05) is 20.2 Å². The molecular weight excluding hydrogens is 154 g/mol. The van der Waals surface area contributed by atoms with Gasteiger partial charge in [-0.15, -0.1) is 0 Å². The van der Waals surface area contributed by atoms with Crippen LogP contribution in [0.3, 0.4) is 0 Å². The predicted octanol–water partition coefficient (Wildman–Crippen LogP) is 0.644. The van der Waals surface area contributed by atoms with Gasteiger partial charge in [-0.3, -0.25) is 9.69 Å². The van der Waals surface area contributed by atoms with Crippen molar-refractivity contribution < 1.29 is 9.53 Å². The Balaban J connectivity index is 1.80. The Morgan fingerprint density at radius 3 is 3.08 bits per heavy atom. The molecule has 1 heterocycles. The molecule has 1 saturated heterocycles. The second-order valence-corrected chi connectivity index (χ2v) is 3.76. The molecule has 0 aromatic heterocycles. The second-order valence-electron chi connectivity index (χ2n) is 3.76. The van der Waals surface area contributed by atoms with E-state index < -0.39 is 0 Å². The van der Waals surface area contributed by atoms with Crippen LogP contribution in [0.5, 0.6) is 0 Å². The molecule has 2 aliphatic rings. The van der Waals surface area contributed by atoms with Crippen molar-refractivity contribution in [3.8, 4) is 0 Å². The van der Waals surface area contributed by atoms with Crippen LogP contribution >= 0.6 is 0 Å². The number of esters is 1. The number of hydrogen-bond donors (Lipinski definition) is 0. The van der Waals surface area contributed by atoms with Crippen molar-refractivity contribution >= 4 is 5.97 Å². The molecule has 1 aliphatic heterocycles. The van der Waals surface area contributed by atoms with Crippen molar-refractivity contribution in [1.29, 1.82) is 0 Å². The Labute approximate surface area is 72.7 Å². The molecule has 0 radical (unpaired) electrons. The molecule has 2 fully saturated rings. The van der Waals surface area contributed by atoms with Gasteiger partial charge in [0, 0.05) is 12.6 Å². The zero-order valence-corrected chi connectivity index (χ0v) is 7.45. The maximum absolute atomic E-state index is 10.9. The molecule has 3 heteroatoms. The summed E-state index contributed by atoms with van der Waals surface area (Å²) in [5.41, 5.74) is 0. The normalized spacial score (nSPS) is 34.1. The zero-order chi connectivity index (χ0) is 8.55. The van der Waals surface area contributed by atoms with E-state index >= 15 is 0 Å². The van der Waals surface area contributed by atoms with Gasteiger partial charge in [0.05, 0.1) is 13.7 Å². The average molecular weight is 169 g/mol. The number of nitrogens with zero attached hydrogens (tertiary/aromatic N) is 1. The van der Waals surface area contributed by atoms with Gasteiger partial charge in [-0.25, -0.2) is 0 Å². The van der Waals surface area contributed by atoms with Gasteiger partial charge in [0.15, 0.2) is 0 Å². The third-order valence-electron chi connectivity index (χ3n) is 3.12. The van der Waals surface area contributed by atoms with Crippen LogP contribution in [0.2, 0.25) is 0 Å². The van der Waals surface area contributed by atoms with E-state index in [1.807, 2.05) is 0 Å². The van der Waals surface area contributed by atoms with Gasteiger partial charge in [0.25, 0.3) is 0 Å². The van der Waals surface area contributed by atoms with Crippen molar-refractivity contribution in [3.63, 3.8) is 0 Å². The number of rotatable bonds is 2. The summed E-state index contributed by atoms with van der Waals surface area (Å²) in [6.45, 7) is 1.61. The molecule has 0 spiro atoms. The van der Waals surface area contributed by atoms with E-state index in [0.29, 0.717) is 12.6 Å². The smallest absolute Gasteiger partial charge is 0.319 e. The zero-order valence-electron chi connectivity index (χ0n) is 7.45. The fourth-order valence-electron chi connectivity index (χ4n) is 2.42. The fourth-order valence-corrected chi connectivity index (χ4v) is 2.42. The SMILES string of the molecule is COC(=O)CN1CC2CCCC21. The molecule has 0 amide bonds. The molecule has 68 valence electrons. The molecule has 1 aliphatic carbocycles. The van der Waals surface area contributed by atoms with Crippen LogP contribution < -0.4 is 0 Å². The summed E-state index contributed by atoms with van der Waals surface area (Å²) < 4.78 is 4.62. The number of carbonyl (C=O) groups excluding carboxylic acids is 1. The molecule has 0 N–H and O–H groups in total. The van der Waals surface area contributed by atoms with Gasteiger partial charge in [-0.05, 0) is 18.8 Å². The lowest BCUT2D eigenvalue weighted by Crippen LogP contribution is -2.54. The highest BCUT2D eigenvalue weighted by Gasteiger charge is 2.42. The van der Waals surface area contributed by atoms with Crippen molar-refractivity contribution in [3.05, 3.63) is 0 Å². The van der Waals surface area contributed by atoms with E-state index in [1.165, 1.54) is 26.4 Å². The summed E-state index contributed by atoms with van der Waals surface area (Å²) in [5, 5.41) is 0. The molecule has 0 aromatic rings. The van der Waals surface area contributed by atoms with Gasteiger partial charge in [-0.1, -0.05) is 6.42 Å². The third-order valence-corrected chi connectivity index (χ3v) is 3.12. The molecule has 2 rings (SSSR count). The lowest BCUT2D eigenvalue weighted by atomic mass is 9.92. The molecular formula is C9H15NO2. The maximum Gasteiger partial charge on any atom is 0.319 e. The summed E-state index contributed by atoms with van der Waals surface area (Å²) in [5.74, 6) is 0.787. The largest absolute Gasteiger partial charge is 0.468 e. The summed E-state index contributed by atoms with van der Waals surface area (Å²) in [4.78, 5) is 13.2. The van der Waals surface area contributed by atoms with Crippen LogP contribution in [0.15, 0.2) is 0 Å².